The van der Waals surface area contributed by atoms with Gasteiger partial charge in [0.1, 0.15) is 17.9 Å². The fraction of sp³-hybridized carbons (Fsp3) is 0.533. The Morgan fingerprint density at radius 2 is 2.05 bits per heavy atom. The summed E-state index contributed by atoms with van der Waals surface area (Å²) in [5.41, 5.74) is -0.628. The Morgan fingerprint density at radius 1 is 1.45 bits per heavy atom. The molecule has 6 nitrogen and oxygen atoms in total. The van der Waals surface area contributed by atoms with Crippen LogP contribution in [-0.2, 0) is 0 Å². The van der Waals surface area contributed by atoms with Crippen molar-refractivity contribution in [2.45, 2.75) is 39.8 Å². The molecule has 22 heavy (non-hydrogen) atoms. The molecule has 1 fully saturated rings. The summed E-state index contributed by atoms with van der Waals surface area (Å²) in [6.07, 6.45) is 0.185. The van der Waals surface area contributed by atoms with Crippen LogP contribution in [0.3, 0.4) is 0 Å². The average molecular weight is 324 g/mol. The number of hydrogen-bond donors (Lipinski definition) is 2. The van der Waals surface area contributed by atoms with Crippen LogP contribution in [0.1, 0.15) is 33.4 Å². The smallest absolute Gasteiger partial charge is 0.404 e. The molecule has 0 unspecified atom stereocenters. The molecule has 7 heteroatoms. The van der Waals surface area contributed by atoms with E-state index >= 15 is 0 Å². The first-order valence-corrected chi connectivity index (χ1v) is 7.20. The molecular formula is C15H18ClN3O3. The highest BCUT2D eigenvalue weighted by molar-refractivity contribution is 6.31. The molecule has 1 heterocycles. The molecule has 1 aromatic heterocycles. The molecule has 0 radical (unpaired) electrons. The maximum absolute atomic E-state index is 10.9. The van der Waals surface area contributed by atoms with Crippen LogP contribution < -0.4 is 10.1 Å². The lowest BCUT2D eigenvalue weighted by Crippen LogP contribution is -2.74. The lowest BCUT2D eigenvalue weighted by Gasteiger charge is -2.62. The van der Waals surface area contributed by atoms with Crippen LogP contribution in [0.4, 0.5) is 4.79 Å². The lowest BCUT2D eigenvalue weighted by atomic mass is 9.49. The van der Waals surface area contributed by atoms with Gasteiger partial charge in [0.25, 0.3) is 0 Å². The summed E-state index contributed by atoms with van der Waals surface area (Å²) < 4.78 is 5.98. The zero-order valence-corrected chi connectivity index (χ0v) is 13.6. The van der Waals surface area contributed by atoms with Crippen molar-refractivity contribution in [2.75, 3.05) is 0 Å². The minimum Gasteiger partial charge on any atom is -0.487 e. The van der Waals surface area contributed by atoms with E-state index in [1.54, 1.807) is 6.07 Å². The van der Waals surface area contributed by atoms with Gasteiger partial charge in [-0.05, 0) is 0 Å². The van der Waals surface area contributed by atoms with Gasteiger partial charge in [0.15, 0.2) is 5.69 Å². The standard InChI is InChI=1S/C15H18ClN3O3/c1-14(2)11(19-13(20)21)15(3,4)12(14)22-8-5-9(16)10(6-17)18-7-8/h5,7,11-12,19H,1-4H3,(H,20,21)/t11-,12-. The first kappa shape index (κ1) is 16.4. The monoisotopic (exact) mass is 323 g/mol. The summed E-state index contributed by atoms with van der Waals surface area (Å²) in [4.78, 5) is 14.9. The van der Waals surface area contributed by atoms with Crippen molar-refractivity contribution in [1.29, 1.82) is 5.26 Å². The predicted octanol–water partition coefficient (Wildman–Crippen LogP) is 3.06. The zero-order valence-electron chi connectivity index (χ0n) is 12.8. The number of nitrogens with one attached hydrogen (secondary N) is 1. The Kier molecular flexibility index (Phi) is 3.96. The molecule has 0 saturated heterocycles. The van der Waals surface area contributed by atoms with Crippen LogP contribution in [0.5, 0.6) is 5.75 Å². The summed E-state index contributed by atoms with van der Waals surface area (Å²) >= 11 is 5.96. The van der Waals surface area contributed by atoms with Crippen LogP contribution in [0, 0.1) is 22.2 Å². The van der Waals surface area contributed by atoms with Crippen molar-refractivity contribution in [3.63, 3.8) is 0 Å². The highest BCUT2D eigenvalue weighted by Gasteiger charge is 2.64. The number of halogens is 1. The Bertz CT molecular complexity index is 636. The first-order valence-electron chi connectivity index (χ1n) is 6.82. The zero-order chi connectivity index (χ0) is 16.7. The van der Waals surface area contributed by atoms with Crippen LogP contribution >= 0.6 is 11.6 Å². The second kappa shape index (κ2) is 5.33. The minimum atomic E-state index is -1.05. The number of aromatic nitrogens is 1. The number of amides is 1. The number of carboxylic acid groups (broad SMARTS) is 1. The number of rotatable bonds is 3. The lowest BCUT2D eigenvalue weighted by molar-refractivity contribution is -0.165. The number of hydrogen-bond acceptors (Lipinski definition) is 4. The molecule has 1 aliphatic carbocycles. The minimum absolute atomic E-state index is 0.145. The van der Waals surface area contributed by atoms with Crippen LogP contribution in [0.25, 0.3) is 0 Å². The third-order valence-corrected chi connectivity index (χ3v) is 4.57. The van der Waals surface area contributed by atoms with Gasteiger partial charge in [0.05, 0.1) is 11.2 Å². The van der Waals surface area contributed by atoms with Crippen molar-refractivity contribution in [2.24, 2.45) is 10.8 Å². The predicted molar refractivity (Wildman–Crippen MR) is 80.9 cm³/mol. The van der Waals surface area contributed by atoms with E-state index in [0.29, 0.717) is 5.75 Å². The third kappa shape index (κ3) is 2.57. The van der Waals surface area contributed by atoms with Gasteiger partial charge in [-0.1, -0.05) is 39.3 Å². The molecule has 1 saturated carbocycles. The molecule has 2 rings (SSSR count). The van der Waals surface area contributed by atoms with E-state index in [1.807, 2.05) is 33.8 Å². The SMILES string of the molecule is CC1(C)[C@H](NC(=O)O)C(C)(C)[C@H]1Oc1cnc(C#N)c(Cl)c1. The van der Waals surface area contributed by atoms with Crippen molar-refractivity contribution in [1.82, 2.24) is 10.3 Å². The van der Waals surface area contributed by atoms with Crippen LogP contribution in [0.15, 0.2) is 12.3 Å². The maximum Gasteiger partial charge on any atom is 0.404 e. The molecule has 1 aliphatic rings. The van der Waals surface area contributed by atoms with Gasteiger partial charge in [-0.3, -0.25) is 0 Å². The summed E-state index contributed by atoms with van der Waals surface area (Å²) in [5, 5.41) is 20.6. The van der Waals surface area contributed by atoms with Gasteiger partial charge >= 0.3 is 6.09 Å². The van der Waals surface area contributed by atoms with Gasteiger partial charge in [-0.25, -0.2) is 9.78 Å². The quantitative estimate of drug-likeness (QED) is 0.891. The molecule has 0 bridgehead atoms. The number of carbonyl (C=O) groups is 1. The topological polar surface area (TPSA) is 95.2 Å². The number of nitriles is 1. The van der Waals surface area contributed by atoms with E-state index in [0.717, 1.165) is 0 Å². The molecule has 0 spiro atoms. The molecule has 0 atom stereocenters. The van der Waals surface area contributed by atoms with Gasteiger partial charge in [0.2, 0.25) is 0 Å². The van der Waals surface area contributed by atoms with Crippen LogP contribution in [-0.4, -0.2) is 28.3 Å². The molecule has 118 valence electrons. The first-order chi connectivity index (χ1) is 10.1. The normalized spacial score (nSPS) is 24.7. The van der Waals surface area contributed by atoms with E-state index < -0.39 is 6.09 Å². The fourth-order valence-electron chi connectivity index (χ4n) is 3.63. The number of nitrogens with zero attached hydrogens (tertiary/aromatic N) is 2. The highest BCUT2D eigenvalue weighted by Crippen LogP contribution is 2.55. The largest absolute Gasteiger partial charge is 0.487 e. The van der Waals surface area contributed by atoms with E-state index in [-0.39, 0.29) is 33.7 Å². The number of pyridine rings is 1. The average Bonchev–Trinajstić information content (AvgIpc) is 2.41. The molecule has 0 aromatic carbocycles. The molecular weight excluding hydrogens is 306 g/mol. The Labute approximate surface area is 134 Å². The van der Waals surface area contributed by atoms with E-state index in [9.17, 15) is 4.79 Å². The maximum atomic E-state index is 10.9. The van der Waals surface area contributed by atoms with Crippen molar-refractivity contribution >= 4 is 17.7 Å². The van der Waals surface area contributed by atoms with Crippen molar-refractivity contribution in [3.8, 4) is 11.8 Å². The Hall–Kier alpha value is -2.00. The summed E-state index contributed by atoms with van der Waals surface area (Å²) in [5.74, 6) is 0.462. The van der Waals surface area contributed by atoms with Gasteiger partial charge in [0, 0.05) is 22.9 Å². The van der Waals surface area contributed by atoms with Crippen molar-refractivity contribution in [3.05, 3.63) is 23.0 Å². The molecule has 2 N–H and O–H groups in total. The second-order valence-electron chi connectivity index (χ2n) is 6.64. The Balaban J connectivity index is 2.22. The molecule has 0 aliphatic heterocycles. The highest BCUT2D eigenvalue weighted by atomic mass is 35.5. The second-order valence-corrected chi connectivity index (χ2v) is 7.04. The van der Waals surface area contributed by atoms with Gasteiger partial charge < -0.3 is 15.2 Å². The van der Waals surface area contributed by atoms with Gasteiger partial charge in [-0.15, -0.1) is 0 Å². The summed E-state index contributed by atoms with van der Waals surface area (Å²) in [6.45, 7) is 7.79. The third-order valence-electron chi connectivity index (χ3n) is 4.28. The molecule has 1 amide bonds. The summed E-state index contributed by atoms with van der Waals surface area (Å²) in [6, 6.07) is 3.21. The van der Waals surface area contributed by atoms with Crippen LogP contribution in [0.2, 0.25) is 5.02 Å². The number of ether oxygens (including phenoxy) is 1. The molecule has 1 aromatic rings. The summed E-state index contributed by atoms with van der Waals surface area (Å²) in [7, 11) is 0. The fourth-order valence-corrected chi connectivity index (χ4v) is 3.83. The van der Waals surface area contributed by atoms with Crippen molar-refractivity contribution < 1.29 is 14.6 Å². The Morgan fingerprint density at radius 3 is 2.50 bits per heavy atom. The van der Waals surface area contributed by atoms with E-state index in [1.165, 1.54) is 6.20 Å². The van der Waals surface area contributed by atoms with Gasteiger partial charge in [-0.2, -0.15) is 5.26 Å². The van der Waals surface area contributed by atoms with E-state index in [4.69, 9.17) is 26.7 Å². The van der Waals surface area contributed by atoms with E-state index in [2.05, 4.69) is 10.3 Å².